The first-order valence-electron chi connectivity index (χ1n) is 10.3. The molecule has 0 aromatic rings. The minimum atomic E-state index is -0.758. The summed E-state index contributed by atoms with van der Waals surface area (Å²) >= 11 is 0. The molecule has 1 spiro atoms. The van der Waals surface area contributed by atoms with Crippen LogP contribution in [0.3, 0.4) is 0 Å². The van der Waals surface area contributed by atoms with Crippen LogP contribution < -0.4 is 0 Å². The Hall–Kier alpha value is -0.870. The van der Waals surface area contributed by atoms with Crippen molar-refractivity contribution in [1.82, 2.24) is 0 Å². The predicted octanol–water partition coefficient (Wildman–Crippen LogP) is 1.83. The molecule has 0 aromatic heterocycles. The van der Waals surface area contributed by atoms with Crippen molar-refractivity contribution in [3.8, 4) is 0 Å². The number of methoxy groups -OCH3 is 1. The highest BCUT2D eigenvalue weighted by Crippen LogP contribution is 2.98. The SMILES string of the molecule is COC(=O)[C@]12[C@H]3[C@@H]4C=CC[C@@H]4[C@H]4[C@@H]3[C@@H]3[C@@H]1[C@@H]1CC[C@H]5O[C@@H](O)[C@]42[C@@H]3[C@H]15. The van der Waals surface area contributed by atoms with Gasteiger partial charge in [0.05, 0.1) is 18.6 Å². The number of hydrogen-bond donors (Lipinski definition) is 1. The number of fused-ring (bicyclic) bond motifs is 1. The largest absolute Gasteiger partial charge is 0.469 e. The first kappa shape index (κ1) is 13.3. The summed E-state index contributed by atoms with van der Waals surface area (Å²) in [6, 6.07) is 0. The van der Waals surface area contributed by atoms with Gasteiger partial charge in [-0.15, -0.1) is 0 Å². The average Bonchev–Trinajstić information content (AvgIpc) is 3.36. The molecule has 4 heteroatoms. The number of rotatable bonds is 1. The lowest BCUT2D eigenvalue weighted by Crippen LogP contribution is -2.69. The lowest BCUT2D eigenvalue weighted by Gasteiger charge is -2.63. The van der Waals surface area contributed by atoms with Gasteiger partial charge in [-0.1, -0.05) is 12.2 Å². The molecule has 1 aliphatic heterocycles. The second-order valence-electron chi connectivity index (χ2n) is 10.3. The fraction of sp³-hybridized carbons (Fsp3) is 0.857. The van der Waals surface area contributed by atoms with Gasteiger partial charge >= 0.3 is 5.97 Å². The molecule has 8 fully saturated rings. The number of carbonyl (C=O) groups is 1. The van der Waals surface area contributed by atoms with Crippen molar-refractivity contribution in [3.05, 3.63) is 12.2 Å². The van der Waals surface area contributed by atoms with Gasteiger partial charge in [0.2, 0.25) is 0 Å². The number of allylic oxidation sites excluding steroid dienone is 2. The highest BCUT2D eigenvalue weighted by atomic mass is 16.6. The van der Waals surface area contributed by atoms with Gasteiger partial charge in [-0.3, -0.25) is 4.79 Å². The molecule has 0 aromatic carbocycles. The zero-order valence-electron chi connectivity index (χ0n) is 14.4. The number of aliphatic hydroxyl groups is 1. The minimum absolute atomic E-state index is 0.00907. The topological polar surface area (TPSA) is 55.8 Å². The Morgan fingerprint density at radius 2 is 1.96 bits per heavy atom. The first-order valence-corrected chi connectivity index (χ1v) is 10.3. The van der Waals surface area contributed by atoms with Crippen LogP contribution in [0, 0.1) is 70.0 Å². The molecule has 1 heterocycles. The molecule has 1 N–H and O–H groups in total. The van der Waals surface area contributed by atoms with Gasteiger partial charge in [-0.2, -0.15) is 0 Å². The second kappa shape index (κ2) is 3.47. The van der Waals surface area contributed by atoms with E-state index in [2.05, 4.69) is 12.2 Å². The third-order valence-corrected chi connectivity index (χ3v) is 10.9. The molecule has 9 aliphatic rings. The van der Waals surface area contributed by atoms with Crippen LogP contribution in [0.4, 0.5) is 0 Å². The van der Waals surface area contributed by atoms with E-state index in [4.69, 9.17) is 9.47 Å². The molecule has 0 unspecified atom stereocenters. The maximum Gasteiger partial charge on any atom is 0.313 e. The second-order valence-corrected chi connectivity index (χ2v) is 10.3. The Morgan fingerprint density at radius 1 is 1.12 bits per heavy atom. The Labute approximate surface area is 146 Å². The van der Waals surface area contributed by atoms with E-state index in [0.717, 1.165) is 12.8 Å². The smallest absolute Gasteiger partial charge is 0.313 e. The first-order chi connectivity index (χ1) is 12.2. The van der Waals surface area contributed by atoms with Crippen LogP contribution in [0.1, 0.15) is 19.3 Å². The van der Waals surface area contributed by atoms with Crippen molar-refractivity contribution in [2.45, 2.75) is 31.7 Å². The van der Waals surface area contributed by atoms with Gasteiger partial charge in [-0.25, -0.2) is 0 Å². The fourth-order valence-corrected chi connectivity index (χ4v) is 11.6. The van der Waals surface area contributed by atoms with Gasteiger partial charge < -0.3 is 14.6 Å². The molecule has 8 bridgehead atoms. The van der Waals surface area contributed by atoms with E-state index in [9.17, 15) is 9.90 Å². The number of ether oxygens (including phenoxy) is 2. The Morgan fingerprint density at radius 3 is 2.80 bits per heavy atom. The highest BCUT2D eigenvalue weighted by molar-refractivity contribution is 5.84. The van der Waals surface area contributed by atoms with E-state index in [1.165, 1.54) is 6.42 Å². The molecular formula is C21H24O4. The van der Waals surface area contributed by atoms with Gasteiger partial charge in [0.1, 0.15) is 0 Å². The summed E-state index contributed by atoms with van der Waals surface area (Å²) in [7, 11) is 1.56. The van der Waals surface area contributed by atoms with E-state index in [-0.39, 0.29) is 17.5 Å². The molecule has 25 heavy (non-hydrogen) atoms. The number of carbonyl (C=O) groups excluding carboxylic acids is 1. The van der Waals surface area contributed by atoms with Crippen molar-refractivity contribution in [2.75, 3.05) is 7.11 Å². The summed E-state index contributed by atoms with van der Waals surface area (Å²) in [5.74, 6) is 5.55. The summed E-state index contributed by atoms with van der Waals surface area (Å²) in [5.41, 5.74) is -0.794. The molecule has 9 rings (SSSR count). The zero-order valence-corrected chi connectivity index (χ0v) is 14.4. The fourth-order valence-electron chi connectivity index (χ4n) is 11.6. The maximum absolute atomic E-state index is 13.5. The molecule has 132 valence electrons. The number of esters is 1. The zero-order chi connectivity index (χ0) is 16.5. The molecule has 8 aliphatic carbocycles. The highest BCUT2D eigenvalue weighted by Gasteiger charge is 3.01. The normalized spacial score (nSPS) is 73.7. The molecule has 4 nitrogen and oxygen atoms in total. The molecule has 0 amide bonds. The van der Waals surface area contributed by atoms with Gasteiger partial charge in [0, 0.05) is 5.41 Å². The van der Waals surface area contributed by atoms with Crippen LogP contribution in [-0.2, 0) is 14.3 Å². The Bertz CT molecular complexity index is 772. The van der Waals surface area contributed by atoms with Crippen LogP contribution in [0.15, 0.2) is 12.2 Å². The molecular weight excluding hydrogens is 316 g/mol. The van der Waals surface area contributed by atoms with Crippen molar-refractivity contribution < 1.29 is 19.4 Å². The van der Waals surface area contributed by atoms with Gasteiger partial charge in [0.25, 0.3) is 0 Å². The molecule has 7 saturated carbocycles. The monoisotopic (exact) mass is 340 g/mol. The lowest BCUT2D eigenvalue weighted by molar-refractivity contribution is -0.325. The summed E-state index contributed by atoms with van der Waals surface area (Å²) < 4.78 is 11.8. The summed E-state index contributed by atoms with van der Waals surface area (Å²) in [5, 5.41) is 11.4. The van der Waals surface area contributed by atoms with Crippen LogP contribution in [-0.4, -0.2) is 30.6 Å². The van der Waals surface area contributed by atoms with E-state index < -0.39 is 11.7 Å². The Kier molecular flexibility index (Phi) is 1.85. The lowest BCUT2D eigenvalue weighted by atomic mass is 9.42. The van der Waals surface area contributed by atoms with Gasteiger partial charge in [-0.05, 0) is 78.4 Å². The third-order valence-electron chi connectivity index (χ3n) is 10.9. The quantitative estimate of drug-likeness (QED) is 0.584. The molecule has 0 radical (unpaired) electrons. The predicted molar refractivity (Wildman–Crippen MR) is 85.7 cm³/mol. The Balaban J connectivity index is 1.48. The molecule has 14 atom stereocenters. The van der Waals surface area contributed by atoms with Crippen molar-refractivity contribution >= 4 is 5.97 Å². The summed E-state index contributed by atoms with van der Waals surface area (Å²) in [6.45, 7) is 0. The minimum Gasteiger partial charge on any atom is -0.469 e. The van der Waals surface area contributed by atoms with Crippen LogP contribution >= 0.6 is 0 Å². The molecule has 1 saturated heterocycles. The van der Waals surface area contributed by atoms with E-state index in [1.807, 2.05) is 0 Å². The average molecular weight is 340 g/mol. The van der Waals surface area contributed by atoms with Gasteiger partial charge in [0.15, 0.2) is 6.29 Å². The van der Waals surface area contributed by atoms with E-state index in [1.54, 1.807) is 7.11 Å². The van der Waals surface area contributed by atoms with Crippen LogP contribution in [0.5, 0.6) is 0 Å². The number of hydrogen-bond acceptors (Lipinski definition) is 4. The maximum atomic E-state index is 13.5. The third kappa shape index (κ3) is 0.867. The number of aliphatic hydroxyl groups excluding tert-OH is 1. The summed E-state index contributed by atoms with van der Waals surface area (Å²) in [6.07, 6.45) is 7.61. The van der Waals surface area contributed by atoms with Crippen molar-refractivity contribution in [3.63, 3.8) is 0 Å². The van der Waals surface area contributed by atoms with Crippen LogP contribution in [0.2, 0.25) is 0 Å². The van der Waals surface area contributed by atoms with E-state index in [0.29, 0.717) is 59.2 Å². The van der Waals surface area contributed by atoms with Crippen molar-refractivity contribution in [1.29, 1.82) is 0 Å². The van der Waals surface area contributed by atoms with E-state index >= 15 is 0 Å². The van der Waals surface area contributed by atoms with Crippen molar-refractivity contribution in [2.24, 2.45) is 70.0 Å². The standard InChI is InChI=1S/C21H24O4/c1-24-18(22)20-14-7-3-2-4-8(7)15-12(14)13-16(20)9-5-6-10-11(9)17(13)21(15,20)19(23)25-10/h2-3,7-17,19,23H,4-6H2,1H3/t7-,8+,9-,10-,11-,12-,13-,14+,15+,16+,17-,19-,20+,21-/m1/s1. The summed E-state index contributed by atoms with van der Waals surface area (Å²) in [4.78, 5) is 13.5. The van der Waals surface area contributed by atoms with Crippen LogP contribution in [0.25, 0.3) is 0 Å².